The Bertz CT molecular complexity index is 877. The van der Waals surface area contributed by atoms with E-state index >= 15 is 0 Å². The molecular formula is C18H20N2O3S. The van der Waals surface area contributed by atoms with Crippen LogP contribution in [-0.4, -0.2) is 20.6 Å². The van der Waals surface area contributed by atoms with E-state index in [1.54, 1.807) is 12.1 Å². The first-order chi connectivity index (χ1) is 11.3. The van der Waals surface area contributed by atoms with E-state index in [1.807, 2.05) is 43.3 Å². The molecule has 3 rings (SSSR count). The number of para-hydroxylation sites is 1. The number of sulfonamides is 1. The molecule has 5 nitrogen and oxygen atoms in total. The van der Waals surface area contributed by atoms with Gasteiger partial charge in [-0.2, -0.15) is 0 Å². The molecule has 0 aromatic heterocycles. The van der Waals surface area contributed by atoms with Crippen LogP contribution in [0.5, 0.6) is 0 Å². The highest BCUT2D eigenvalue weighted by atomic mass is 32.2. The molecule has 24 heavy (non-hydrogen) atoms. The van der Waals surface area contributed by atoms with Crippen molar-refractivity contribution in [1.82, 2.24) is 5.32 Å². The average molecular weight is 344 g/mol. The Kier molecular flexibility index (Phi) is 4.32. The van der Waals surface area contributed by atoms with E-state index in [9.17, 15) is 13.2 Å². The molecule has 0 spiro atoms. The zero-order valence-corrected chi connectivity index (χ0v) is 14.4. The molecule has 1 aliphatic rings. The Balaban J connectivity index is 1.74. The van der Waals surface area contributed by atoms with Gasteiger partial charge in [0.1, 0.15) is 0 Å². The summed E-state index contributed by atoms with van der Waals surface area (Å²) in [6.07, 6.45) is 1.86. The van der Waals surface area contributed by atoms with Crippen LogP contribution in [0.25, 0.3) is 0 Å². The van der Waals surface area contributed by atoms with Crippen molar-refractivity contribution in [2.24, 2.45) is 0 Å². The zero-order chi connectivity index (χ0) is 17.3. The van der Waals surface area contributed by atoms with Crippen LogP contribution in [0.3, 0.4) is 0 Å². The highest BCUT2D eigenvalue weighted by Gasteiger charge is 2.32. The minimum atomic E-state index is -3.37. The second kappa shape index (κ2) is 6.28. The first-order valence-corrected chi connectivity index (χ1v) is 9.69. The average Bonchev–Trinajstić information content (AvgIpc) is 2.47. The lowest BCUT2D eigenvalue weighted by atomic mass is 9.77. The van der Waals surface area contributed by atoms with Gasteiger partial charge in [-0.05, 0) is 36.1 Å². The molecule has 2 atom stereocenters. The van der Waals surface area contributed by atoms with Crippen LogP contribution in [-0.2, 0) is 21.2 Å². The molecular weight excluding hydrogens is 324 g/mol. The van der Waals surface area contributed by atoms with Gasteiger partial charge in [-0.15, -0.1) is 0 Å². The predicted octanol–water partition coefficient (Wildman–Crippen LogP) is 2.58. The van der Waals surface area contributed by atoms with Crippen LogP contribution in [0.1, 0.15) is 35.6 Å². The van der Waals surface area contributed by atoms with Crippen molar-refractivity contribution in [2.45, 2.75) is 25.3 Å². The molecule has 2 aromatic carbocycles. The zero-order valence-electron chi connectivity index (χ0n) is 13.6. The fraction of sp³-hybridized carbons (Fsp3) is 0.278. The van der Waals surface area contributed by atoms with E-state index in [-0.39, 0.29) is 17.9 Å². The Morgan fingerprint density at radius 1 is 1.12 bits per heavy atom. The van der Waals surface area contributed by atoms with Crippen molar-refractivity contribution < 1.29 is 13.2 Å². The lowest BCUT2D eigenvalue weighted by molar-refractivity contribution is -0.123. The van der Waals surface area contributed by atoms with E-state index < -0.39 is 10.0 Å². The molecule has 0 aliphatic heterocycles. The number of anilines is 1. The number of hydrogen-bond donors (Lipinski definition) is 2. The minimum absolute atomic E-state index is 0.0321. The molecule has 126 valence electrons. The Labute approximate surface area is 142 Å². The van der Waals surface area contributed by atoms with Crippen molar-refractivity contribution >= 4 is 21.6 Å². The predicted molar refractivity (Wildman–Crippen MR) is 94.4 cm³/mol. The molecule has 0 fully saturated rings. The van der Waals surface area contributed by atoms with Gasteiger partial charge in [-0.3, -0.25) is 9.52 Å². The normalized spacial score (nSPS) is 17.3. The maximum atomic E-state index is 12.5. The number of carbonyl (C=O) groups excluding carboxylic acids is 1. The van der Waals surface area contributed by atoms with Crippen molar-refractivity contribution in [3.05, 3.63) is 65.2 Å². The van der Waals surface area contributed by atoms with Gasteiger partial charge in [0.2, 0.25) is 15.9 Å². The summed E-state index contributed by atoms with van der Waals surface area (Å²) < 4.78 is 25.5. The largest absolute Gasteiger partial charge is 0.349 e. The summed E-state index contributed by atoms with van der Waals surface area (Å²) in [7, 11) is -3.37. The number of nitrogens with one attached hydrogen (secondary N) is 2. The summed E-state index contributed by atoms with van der Waals surface area (Å²) in [5.41, 5.74) is 3.51. The summed E-state index contributed by atoms with van der Waals surface area (Å²) in [6, 6.07) is 14.7. The highest BCUT2D eigenvalue weighted by molar-refractivity contribution is 7.92. The molecule has 0 bridgehead atoms. The van der Waals surface area contributed by atoms with Gasteiger partial charge in [-0.25, -0.2) is 8.42 Å². The third kappa shape index (κ3) is 3.43. The standard InChI is InChI=1S/C18H20N2O3S/c1-12(14-8-5-6-10-17(14)20-24(2,22)23)19-18(21)16-11-13-7-3-4-9-15(13)16/h3-10,12,16,20H,11H2,1-2H3,(H,19,21). The first kappa shape index (κ1) is 16.5. The Morgan fingerprint density at radius 3 is 2.50 bits per heavy atom. The second-order valence-corrected chi connectivity index (χ2v) is 7.90. The van der Waals surface area contributed by atoms with Crippen LogP contribution in [0, 0.1) is 0 Å². The molecule has 0 saturated heterocycles. The third-order valence-electron chi connectivity index (χ3n) is 4.25. The van der Waals surface area contributed by atoms with Gasteiger partial charge >= 0.3 is 0 Å². The lowest BCUT2D eigenvalue weighted by Gasteiger charge is -2.30. The van der Waals surface area contributed by atoms with Crippen LogP contribution in [0.4, 0.5) is 5.69 Å². The van der Waals surface area contributed by atoms with Gasteiger partial charge in [0, 0.05) is 0 Å². The summed E-state index contributed by atoms with van der Waals surface area (Å²) >= 11 is 0. The SMILES string of the molecule is CC(NC(=O)C1Cc2ccccc21)c1ccccc1NS(C)(=O)=O. The van der Waals surface area contributed by atoms with E-state index in [4.69, 9.17) is 0 Å². The second-order valence-electron chi connectivity index (χ2n) is 6.15. The van der Waals surface area contributed by atoms with Crippen LogP contribution in [0.2, 0.25) is 0 Å². The minimum Gasteiger partial charge on any atom is -0.349 e. The topological polar surface area (TPSA) is 75.3 Å². The molecule has 0 radical (unpaired) electrons. The summed E-state index contributed by atoms with van der Waals surface area (Å²) in [5.74, 6) is -0.158. The number of benzene rings is 2. The van der Waals surface area contributed by atoms with Crippen molar-refractivity contribution in [3.63, 3.8) is 0 Å². The van der Waals surface area contributed by atoms with Crippen LogP contribution >= 0.6 is 0 Å². The van der Waals surface area contributed by atoms with Gasteiger partial charge in [0.25, 0.3) is 0 Å². The van der Waals surface area contributed by atoms with Crippen molar-refractivity contribution in [1.29, 1.82) is 0 Å². The van der Waals surface area contributed by atoms with E-state index in [0.29, 0.717) is 5.69 Å². The third-order valence-corrected chi connectivity index (χ3v) is 4.84. The summed E-state index contributed by atoms with van der Waals surface area (Å²) in [5, 5.41) is 2.99. The van der Waals surface area contributed by atoms with Crippen LogP contribution in [0.15, 0.2) is 48.5 Å². The van der Waals surface area contributed by atoms with Gasteiger partial charge < -0.3 is 5.32 Å². The smallest absolute Gasteiger partial charge is 0.229 e. The Hall–Kier alpha value is -2.34. The van der Waals surface area contributed by atoms with Gasteiger partial charge in [0.15, 0.2) is 0 Å². The summed E-state index contributed by atoms with van der Waals surface area (Å²) in [6.45, 7) is 1.85. The number of hydrogen-bond acceptors (Lipinski definition) is 3. The molecule has 6 heteroatoms. The molecule has 2 unspecified atom stereocenters. The maximum Gasteiger partial charge on any atom is 0.229 e. The number of carbonyl (C=O) groups is 1. The maximum absolute atomic E-state index is 12.5. The molecule has 2 N–H and O–H groups in total. The lowest BCUT2D eigenvalue weighted by Crippen LogP contribution is -2.37. The number of amides is 1. The summed E-state index contributed by atoms with van der Waals surface area (Å²) in [4.78, 5) is 12.5. The fourth-order valence-electron chi connectivity index (χ4n) is 3.05. The highest BCUT2D eigenvalue weighted by Crippen LogP contribution is 2.35. The molecule has 2 aromatic rings. The van der Waals surface area contributed by atoms with Crippen molar-refractivity contribution in [2.75, 3.05) is 11.0 Å². The number of rotatable bonds is 5. The first-order valence-electron chi connectivity index (χ1n) is 7.80. The Morgan fingerprint density at radius 2 is 1.79 bits per heavy atom. The quantitative estimate of drug-likeness (QED) is 0.875. The van der Waals surface area contributed by atoms with E-state index in [0.717, 1.165) is 23.8 Å². The molecule has 0 heterocycles. The van der Waals surface area contributed by atoms with E-state index in [1.165, 1.54) is 5.56 Å². The van der Waals surface area contributed by atoms with Crippen LogP contribution < -0.4 is 10.0 Å². The molecule has 0 saturated carbocycles. The number of fused-ring (bicyclic) bond motifs is 1. The molecule has 1 amide bonds. The monoisotopic (exact) mass is 344 g/mol. The van der Waals surface area contributed by atoms with Gasteiger partial charge in [0.05, 0.1) is 23.9 Å². The molecule has 1 aliphatic carbocycles. The van der Waals surface area contributed by atoms with Gasteiger partial charge in [-0.1, -0.05) is 42.5 Å². The fourth-order valence-corrected chi connectivity index (χ4v) is 3.64. The van der Waals surface area contributed by atoms with Crippen molar-refractivity contribution in [3.8, 4) is 0 Å². The van der Waals surface area contributed by atoms with E-state index in [2.05, 4.69) is 10.0 Å².